The lowest BCUT2D eigenvalue weighted by molar-refractivity contribution is 0.0909. The van der Waals surface area contributed by atoms with Gasteiger partial charge < -0.3 is 15.8 Å². The van der Waals surface area contributed by atoms with Crippen LogP contribution in [0.15, 0.2) is 24.3 Å². The molecule has 1 fully saturated rings. The molecule has 1 aromatic carbocycles. The number of amides is 1. The predicted molar refractivity (Wildman–Crippen MR) is 107 cm³/mol. The van der Waals surface area contributed by atoms with Crippen molar-refractivity contribution in [1.82, 2.24) is 20.3 Å². The van der Waals surface area contributed by atoms with Crippen LogP contribution in [0.25, 0.3) is 5.69 Å². The Morgan fingerprint density at radius 2 is 1.96 bits per heavy atom. The second-order valence-electron chi connectivity index (χ2n) is 6.85. The highest BCUT2D eigenvalue weighted by molar-refractivity contribution is 5.93. The van der Waals surface area contributed by atoms with E-state index < -0.39 is 0 Å². The number of hydrogen-bond acceptors (Lipinski definition) is 5. The highest BCUT2D eigenvalue weighted by atomic mass is 35.5. The van der Waals surface area contributed by atoms with Gasteiger partial charge in [-0.2, -0.15) is 0 Å². The normalized spacial score (nSPS) is 15.7. The van der Waals surface area contributed by atoms with E-state index in [9.17, 15) is 4.79 Å². The zero-order valence-electron chi connectivity index (χ0n) is 15.9. The summed E-state index contributed by atoms with van der Waals surface area (Å²) >= 11 is 0. The van der Waals surface area contributed by atoms with Crippen molar-refractivity contribution in [3.05, 3.63) is 35.7 Å². The van der Waals surface area contributed by atoms with Crippen LogP contribution in [0.2, 0.25) is 0 Å². The maximum absolute atomic E-state index is 12.7. The molecule has 1 heterocycles. The molecule has 7 nitrogen and oxygen atoms in total. The number of carbonyl (C=O) groups is 1. The molecule has 0 aliphatic heterocycles. The Hall–Kier alpha value is -2.12. The summed E-state index contributed by atoms with van der Waals surface area (Å²) in [5, 5.41) is 11.3. The van der Waals surface area contributed by atoms with Crippen molar-refractivity contribution in [2.45, 2.75) is 45.1 Å². The number of nitrogens with zero attached hydrogens (tertiary/aromatic N) is 3. The van der Waals surface area contributed by atoms with Crippen molar-refractivity contribution in [2.24, 2.45) is 11.7 Å². The van der Waals surface area contributed by atoms with Crippen LogP contribution in [-0.2, 0) is 0 Å². The molecule has 3 N–H and O–H groups in total. The Morgan fingerprint density at radius 1 is 1.30 bits per heavy atom. The van der Waals surface area contributed by atoms with E-state index in [0.717, 1.165) is 24.3 Å². The van der Waals surface area contributed by atoms with E-state index in [1.165, 1.54) is 19.3 Å². The summed E-state index contributed by atoms with van der Waals surface area (Å²) in [4.78, 5) is 12.7. The Morgan fingerprint density at radius 3 is 2.56 bits per heavy atom. The molecule has 0 radical (unpaired) electrons. The molecule has 0 saturated heterocycles. The predicted octanol–water partition coefficient (Wildman–Crippen LogP) is 2.64. The van der Waals surface area contributed by atoms with Gasteiger partial charge in [-0.1, -0.05) is 24.5 Å². The Balaban J connectivity index is 0.00000261. The van der Waals surface area contributed by atoms with Crippen molar-refractivity contribution in [2.75, 3.05) is 13.7 Å². The molecule has 1 saturated carbocycles. The first-order valence-corrected chi connectivity index (χ1v) is 9.21. The summed E-state index contributed by atoms with van der Waals surface area (Å²) < 4.78 is 6.83. The van der Waals surface area contributed by atoms with E-state index in [1.807, 2.05) is 31.2 Å². The van der Waals surface area contributed by atoms with Crippen LogP contribution in [0.5, 0.6) is 5.75 Å². The van der Waals surface area contributed by atoms with Crippen molar-refractivity contribution in [3.63, 3.8) is 0 Å². The van der Waals surface area contributed by atoms with E-state index >= 15 is 0 Å². The molecule has 1 amide bonds. The smallest absolute Gasteiger partial charge is 0.274 e. The van der Waals surface area contributed by atoms with Gasteiger partial charge in [0.05, 0.1) is 18.5 Å². The average molecular weight is 394 g/mol. The number of methoxy groups -OCH3 is 1. The number of ether oxygens (including phenoxy) is 1. The van der Waals surface area contributed by atoms with Crippen LogP contribution in [0, 0.1) is 12.8 Å². The monoisotopic (exact) mass is 393 g/mol. The zero-order valence-corrected chi connectivity index (χ0v) is 16.7. The number of aromatic nitrogens is 3. The summed E-state index contributed by atoms with van der Waals surface area (Å²) in [5.41, 5.74) is 7.80. The van der Waals surface area contributed by atoms with Crippen LogP contribution < -0.4 is 15.8 Å². The largest absolute Gasteiger partial charge is 0.497 e. The maximum Gasteiger partial charge on any atom is 0.274 e. The number of hydrogen-bond donors (Lipinski definition) is 2. The standard InChI is InChI=1S/C19H27N5O2.ClH/c1-13-18(19(25)21-17(12-20)14-6-4-3-5-7-14)22-23-24(13)15-8-10-16(26-2)11-9-15;/h8-11,14,17H,3-7,12,20H2,1-2H3,(H,21,25);1H. The van der Waals surface area contributed by atoms with Crippen molar-refractivity contribution in [3.8, 4) is 11.4 Å². The fourth-order valence-electron chi connectivity index (χ4n) is 3.65. The van der Waals surface area contributed by atoms with Gasteiger partial charge in [0.25, 0.3) is 5.91 Å². The number of rotatable bonds is 6. The first-order chi connectivity index (χ1) is 12.6. The fourth-order valence-corrected chi connectivity index (χ4v) is 3.65. The molecular weight excluding hydrogens is 366 g/mol. The molecule has 1 aliphatic carbocycles. The van der Waals surface area contributed by atoms with Crippen LogP contribution in [0.3, 0.4) is 0 Å². The molecule has 148 valence electrons. The van der Waals surface area contributed by atoms with Crippen molar-refractivity contribution >= 4 is 18.3 Å². The van der Waals surface area contributed by atoms with Crippen molar-refractivity contribution in [1.29, 1.82) is 0 Å². The fraction of sp³-hybridized carbons (Fsp3) is 0.526. The number of halogens is 1. The van der Waals surface area contributed by atoms with Gasteiger partial charge in [0, 0.05) is 12.6 Å². The number of benzene rings is 1. The molecule has 3 rings (SSSR count). The second-order valence-corrected chi connectivity index (χ2v) is 6.85. The molecular formula is C19H28ClN5O2. The quantitative estimate of drug-likeness (QED) is 0.786. The lowest BCUT2D eigenvalue weighted by Gasteiger charge is -2.29. The lowest BCUT2D eigenvalue weighted by Crippen LogP contribution is -2.46. The summed E-state index contributed by atoms with van der Waals surface area (Å²) in [6.07, 6.45) is 5.95. The minimum atomic E-state index is -0.205. The molecule has 2 aromatic rings. The molecule has 0 bridgehead atoms. The number of nitrogens with one attached hydrogen (secondary N) is 1. The van der Waals surface area contributed by atoms with Gasteiger partial charge in [0.15, 0.2) is 5.69 Å². The molecule has 1 atom stereocenters. The highest BCUT2D eigenvalue weighted by Crippen LogP contribution is 2.26. The molecule has 1 unspecified atom stereocenters. The van der Waals surface area contributed by atoms with E-state index in [4.69, 9.17) is 10.5 Å². The zero-order chi connectivity index (χ0) is 18.5. The van der Waals surface area contributed by atoms with Gasteiger partial charge in [-0.3, -0.25) is 4.79 Å². The van der Waals surface area contributed by atoms with Crippen LogP contribution in [0.4, 0.5) is 0 Å². The van der Waals surface area contributed by atoms with E-state index in [-0.39, 0.29) is 24.4 Å². The number of carbonyl (C=O) groups excluding carboxylic acids is 1. The van der Waals surface area contributed by atoms with Gasteiger partial charge >= 0.3 is 0 Å². The van der Waals surface area contributed by atoms with E-state index in [2.05, 4.69) is 15.6 Å². The van der Waals surface area contributed by atoms with Gasteiger partial charge in [-0.05, 0) is 49.9 Å². The van der Waals surface area contributed by atoms with Crippen LogP contribution >= 0.6 is 12.4 Å². The first-order valence-electron chi connectivity index (χ1n) is 9.21. The summed E-state index contributed by atoms with van der Waals surface area (Å²) in [7, 11) is 1.62. The Labute approximate surface area is 166 Å². The molecule has 27 heavy (non-hydrogen) atoms. The molecule has 8 heteroatoms. The second kappa shape index (κ2) is 9.71. The summed E-state index contributed by atoms with van der Waals surface area (Å²) in [5.74, 6) is 1.01. The minimum absolute atomic E-state index is 0. The SMILES string of the molecule is COc1ccc(-n2nnc(C(=O)NC(CN)C3CCCCC3)c2C)cc1.Cl. The molecule has 1 aromatic heterocycles. The highest BCUT2D eigenvalue weighted by Gasteiger charge is 2.26. The minimum Gasteiger partial charge on any atom is -0.497 e. The van der Waals surface area contributed by atoms with Gasteiger partial charge in [-0.25, -0.2) is 4.68 Å². The number of nitrogens with two attached hydrogens (primary N) is 1. The lowest BCUT2D eigenvalue weighted by atomic mass is 9.84. The third-order valence-electron chi connectivity index (χ3n) is 5.22. The Kier molecular flexibility index (Phi) is 7.62. The maximum atomic E-state index is 12.7. The van der Waals surface area contributed by atoms with E-state index in [0.29, 0.717) is 23.9 Å². The summed E-state index contributed by atoms with van der Waals surface area (Å²) in [6, 6.07) is 7.46. The van der Waals surface area contributed by atoms with E-state index in [1.54, 1.807) is 11.8 Å². The topological polar surface area (TPSA) is 95.1 Å². The molecule has 0 spiro atoms. The van der Waals surface area contributed by atoms with Gasteiger partial charge in [0.1, 0.15) is 5.75 Å². The third-order valence-corrected chi connectivity index (χ3v) is 5.22. The molecule has 1 aliphatic rings. The average Bonchev–Trinajstić information content (AvgIpc) is 3.08. The van der Waals surface area contributed by atoms with Gasteiger partial charge in [0.2, 0.25) is 0 Å². The third kappa shape index (κ3) is 4.78. The van der Waals surface area contributed by atoms with Crippen molar-refractivity contribution < 1.29 is 9.53 Å². The van der Waals surface area contributed by atoms with Gasteiger partial charge in [-0.15, -0.1) is 17.5 Å². The van der Waals surface area contributed by atoms with Crippen LogP contribution in [0.1, 0.15) is 48.3 Å². The van der Waals surface area contributed by atoms with Crippen LogP contribution in [-0.4, -0.2) is 40.6 Å². The summed E-state index contributed by atoms with van der Waals surface area (Å²) in [6.45, 7) is 2.29. The first kappa shape index (κ1) is 21.2. The Bertz CT molecular complexity index is 741.